The summed E-state index contributed by atoms with van der Waals surface area (Å²) in [6, 6.07) is 6.79. The van der Waals surface area contributed by atoms with Crippen LogP contribution in [0.15, 0.2) is 33.2 Å². The smallest absolute Gasteiger partial charge is 0.278 e. The Balaban J connectivity index is 0.000000223. The van der Waals surface area contributed by atoms with Crippen molar-refractivity contribution in [3.63, 3.8) is 0 Å². The van der Waals surface area contributed by atoms with E-state index in [2.05, 4.69) is 77.2 Å². The summed E-state index contributed by atoms with van der Waals surface area (Å²) in [5, 5.41) is 11.0. The minimum atomic E-state index is -0.845. The molecule has 0 saturated heterocycles. The normalized spacial score (nSPS) is 25.6. The van der Waals surface area contributed by atoms with Gasteiger partial charge in [-0.3, -0.25) is 4.79 Å². The number of halogens is 4. The molecule has 4 bridgehead atoms. The molecule has 1 aliphatic heterocycles. The zero-order valence-corrected chi connectivity index (χ0v) is 33.2. The maximum absolute atomic E-state index is 11.3. The monoisotopic (exact) mass is 883 g/mol. The van der Waals surface area contributed by atoms with E-state index in [1.807, 2.05) is 0 Å². The third-order valence-corrected chi connectivity index (χ3v) is 17.2. The number of carbonyl (C=O) groups is 1. The molecule has 2 aromatic rings. The van der Waals surface area contributed by atoms with Crippen molar-refractivity contribution < 1.29 is 9.90 Å². The molecule has 1 amide bonds. The van der Waals surface area contributed by atoms with Crippen molar-refractivity contribution in [3.05, 3.63) is 60.5 Å². The Bertz CT molecular complexity index is 1510. The number of hydrogen-bond acceptors (Lipinski definition) is 4. The van der Waals surface area contributed by atoms with E-state index in [-0.39, 0.29) is 42.3 Å². The molecule has 0 N–H and O–H groups in total. The van der Waals surface area contributed by atoms with Gasteiger partial charge in [0, 0.05) is 11.5 Å². The second-order valence-corrected chi connectivity index (χ2v) is 20.8. The second-order valence-electron chi connectivity index (χ2n) is 15.1. The van der Waals surface area contributed by atoms with Crippen molar-refractivity contribution >= 4 is 97.1 Å². The fourth-order valence-electron chi connectivity index (χ4n) is 7.47. The molecule has 240 valence electrons. The van der Waals surface area contributed by atoms with E-state index >= 15 is 0 Å². The molecule has 10 heteroatoms. The summed E-state index contributed by atoms with van der Waals surface area (Å²) in [5.74, 6) is 1.66. The van der Waals surface area contributed by atoms with Gasteiger partial charge in [0.15, 0.2) is 0 Å². The number of amides is 1. The molecule has 0 spiro atoms. The van der Waals surface area contributed by atoms with Gasteiger partial charge in [0.25, 0.3) is 5.91 Å². The summed E-state index contributed by atoms with van der Waals surface area (Å²) in [6.07, 6.45) is 13.6. The van der Waals surface area contributed by atoms with Crippen molar-refractivity contribution in [1.29, 1.82) is 0 Å². The van der Waals surface area contributed by atoms with Crippen molar-refractivity contribution in [2.75, 3.05) is 0 Å². The molecule has 5 aliphatic rings. The fraction of sp³-hybridized carbons (Fsp3) is 0.543. The molecular formula is C35H40BiCl4N3O2. The van der Waals surface area contributed by atoms with Gasteiger partial charge in [-0.05, 0) is 0 Å². The van der Waals surface area contributed by atoms with Gasteiger partial charge in [-0.25, -0.2) is 4.99 Å². The van der Waals surface area contributed by atoms with Crippen molar-refractivity contribution in [2.45, 2.75) is 95.3 Å². The summed E-state index contributed by atoms with van der Waals surface area (Å²) in [6.45, 7) is 13.1. The number of aliphatic imine (C=N–C) groups is 3. The topological polar surface area (TPSA) is 77.2 Å². The van der Waals surface area contributed by atoms with E-state index in [0.29, 0.717) is 5.41 Å². The molecule has 4 aliphatic carbocycles. The maximum atomic E-state index is 11.3. The number of benzene rings is 2. The van der Waals surface area contributed by atoms with Crippen LogP contribution in [0.4, 0.5) is 0 Å². The fourth-order valence-corrected chi connectivity index (χ4v) is 14.4. The standard InChI is InChI=1S/C16H23N2.C11H17.C8HCl4NO2.Bi/c1-15(2,3)17-11-13-8-7-9-14(10-13)12-18-16(4,5)6;1-11-5-8-2-9(6-11)4-10(3-8)7-11;9-3-1-2(8(15)13-7(1)14)4(10)6(12)5(3)11;/h7-9,11-12H,1-6H3;8-10H,1-7H2;(H,13,14,15);/q;;;+1/p-1. The summed E-state index contributed by atoms with van der Waals surface area (Å²) in [4.78, 5) is 24.2. The van der Waals surface area contributed by atoms with Gasteiger partial charge in [-0.1, -0.05) is 46.4 Å². The average molecular weight is 886 g/mol. The molecule has 4 fully saturated rings. The van der Waals surface area contributed by atoms with Crippen LogP contribution in [0.3, 0.4) is 0 Å². The molecular weight excluding hydrogens is 845 g/mol. The van der Waals surface area contributed by atoms with Gasteiger partial charge in [-0.15, -0.1) is 0 Å². The van der Waals surface area contributed by atoms with Crippen LogP contribution in [-0.4, -0.2) is 58.5 Å². The summed E-state index contributed by atoms with van der Waals surface area (Å²) < 4.78 is 3.15. The van der Waals surface area contributed by atoms with Gasteiger partial charge in [0.2, 0.25) is 0 Å². The first-order chi connectivity index (χ1) is 21.0. The molecule has 2 radical (unpaired) electrons. The van der Waals surface area contributed by atoms with Crippen LogP contribution in [0.5, 0.6) is 0 Å². The third-order valence-electron chi connectivity index (χ3n) is 8.92. The van der Waals surface area contributed by atoms with Gasteiger partial charge < -0.3 is 5.11 Å². The predicted molar refractivity (Wildman–Crippen MR) is 189 cm³/mol. The molecule has 0 aromatic heterocycles. The van der Waals surface area contributed by atoms with Crippen LogP contribution < -0.4 is 8.38 Å². The Morgan fingerprint density at radius 1 is 0.822 bits per heavy atom. The molecule has 0 atom stereocenters. The maximum Gasteiger partial charge on any atom is 0.278 e. The Morgan fingerprint density at radius 2 is 1.27 bits per heavy atom. The zero-order chi connectivity index (χ0) is 32.9. The Labute approximate surface area is 298 Å². The SMILES string of the molecule is CC(C)(C)N=Cc1cccc(C=NC(C)(C)C)[c]1[Bi+][CH2]C12CC3CC(CC(C3)C1)C2.O=C1N=C([O-])c2c(Cl)c(Cl)c(Cl)c(Cl)c21. The van der Waals surface area contributed by atoms with Gasteiger partial charge in [0.1, 0.15) is 0 Å². The van der Waals surface area contributed by atoms with Crippen LogP contribution >= 0.6 is 46.4 Å². The number of nitrogens with zero attached hydrogens (tertiary/aromatic N) is 3. The third kappa shape index (κ3) is 8.17. The average Bonchev–Trinajstić information content (AvgIpc) is 3.24. The zero-order valence-electron chi connectivity index (χ0n) is 26.7. The van der Waals surface area contributed by atoms with Gasteiger partial charge >= 0.3 is 197 Å². The minimum Gasteiger partial charge on any atom is -0.858 e. The molecule has 45 heavy (non-hydrogen) atoms. The summed E-state index contributed by atoms with van der Waals surface area (Å²) in [5.41, 5.74) is 3.20. The van der Waals surface area contributed by atoms with E-state index < -0.39 is 35.0 Å². The predicted octanol–water partition coefficient (Wildman–Crippen LogP) is 8.65. The van der Waals surface area contributed by atoms with Gasteiger partial charge in [0.05, 0.1) is 25.7 Å². The van der Waals surface area contributed by atoms with Crippen LogP contribution in [0, 0.1) is 23.2 Å². The summed E-state index contributed by atoms with van der Waals surface area (Å²) >= 11 is 22.1. The Hall–Kier alpha value is -1.04. The molecule has 7 rings (SSSR count). The van der Waals surface area contributed by atoms with Crippen molar-refractivity contribution in [2.24, 2.45) is 38.1 Å². The first-order valence-electron chi connectivity index (χ1n) is 15.5. The van der Waals surface area contributed by atoms with Crippen LogP contribution in [-0.2, 0) is 0 Å². The largest absolute Gasteiger partial charge is 0.858 e. The van der Waals surface area contributed by atoms with Crippen molar-refractivity contribution in [3.8, 4) is 0 Å². The minimum absolute atomic E-state index is 0.0288. The van der Waals surface area contributed by atoms with E-state index in [4.69, 9.17) is 56.4 Å². The van der Waals surface area contributed by atoms with Crippen molar-refractivity contribution in [1.82, 2.24) is 0 Å². The van der Waals surface area contributed by atoms with E-state index in [0.717, 1.165) is 17.8 Å². The Kier molecular flexibility index (Phi) is 10.6. The molecule has 1 heterocycles. The second kappa shape index (κ2) is 13.5. The summed E-state index contributed by atoms with van der Waals surface area (Å²) in [7, 11) is 0. The number of fused-ring (bicyclic) bond motifs is 1. The van der Waals surface area contributed by atoms with Crippen LogP contribution in [0.2, 0.25) is 24.2 Å². The van der Waals surface area contributed by atoms with E-state index in [1.165, 1.54) is 34.5 Å². The molecule has 2 aromatic carbocycles. The van der Waals surface area contributed by atoms with E-state index in [1.54, 1.807) is 22.5 Å². The van der Waals surface area contributed by atoms with Crippen LogP contribution in [0.1, 0.15) is 107 Å². The number of rotatable bonds is 5. The number of carbonyl (C=O) groups excluding carboxylic acids is 1. The Morgan fingerprint density at radius 3 is 1.71 bits per heavy atom. The van der Waals surface area contributed by atoms with E-state index in [9.17, 15) is 9.90 Å². The van der Waals surface area contributed by atoms with Crippen LogP contribution in [0.25, 0.3) is 0 Å². The number of hydrogen-bond donors (Lipinski definition) is 0. The first-order valence-corrected chi connectivity index (χ1v) is 21.2. The van der Waals surface area contributed by atoms with Gasteiger partial charge in [-0.2, -0.15) is 0 Å². The quantitative estimate of drug-likeness (QED) is 0.131. The molecule has 5 nitrogen and oxygen atoms in total. The molecule has 0 unspecified atom stereocenters. The first kappa shape index (κ1) is 35.3. The molecule has 4 saturated carbocycles.